The minimum Gasteiger partial charge on any atom is -0.481 e. The number of carboxylic acid groups (broad SMARTS) is 1. The van der Waals surface area contributed by atoms with Crippen molar-refractivity contribution >= 4 is 23.5 Å². The molecule has 4 nitrogen and oxygen atoms in total. The van der Waals surface area contributed by atoms with Crippen molar-refractivity contribution in [3.05, 3.63) is 34.9 Å². The monoisotopic (exact) mass is 239 g/mol. The van der Waals surface area contributed by atoms with Gasteiger partial charge in [-0.3, -0.25) is 9.59 Å². The molecule has 0 aliphatic carbocycles. The predicted octanol–water partition coefficient (Wildman–Crippen LogP) is 1.25. The molecule has 2 N–H and O–H groups in total. The molecule has 1 aliphatic heterocycles. The van der Waals surface area contributed by atoms with Crippen LogP contribution < -0.4 is 5.32 Å². The molecule has 0 spiro atoms. The standard InChI is InChI=1S/C11H10ClNO3/c12-7-3-1-2-6(4-7)8-5-13-10(14)9(8)11(15)16/h1-4,8-9H,5H2,(H,13,14)(H,15,16)/t8-,9-/m0/s1. The fourth-order valence-electron chi connectivity index (χ4n) is 1.95. The zero-order valence-corrected chi connectivity index (χ0v) is 9.07. The summed E-state index contributed by atoms with van der Waals surface area (Å²) < 4.78 is 0. The average Bonchev–Trinajstić information content (AvgIpc) is 2.60. The van der Waals surface area contributed by atoms with Gasteiger partial charge in [0.25, 0.3) is 0 Å². The average molecular weight is 240 g/mol. The van der Waals surface area contributed by atoms with Gasteiger partial charge in [0, 0.05) is 17.5 Å². The third kappa shape index (κ3) is 1.88. The first-order valence-corrected chi connectivity index (χ1v) is 5.23. The molecule has 84 valence electrons. The Hall–Kier alpha value is -1.55. The molecule has 1 fully saturated rings. The third-order valence-electron chi connectivity index (χ3n) is 2.72. The lowest BCUT2D eigenvalue weighted by Crippen LogP contribution is -2.26. The van der Waals surface area contributed by atoms with E-state index in [4.69, 9.17) is 16.7 Å². The van der Waals surface area contributed by atoms with Gasteiger partial charge < -0.3 is 10.4 Å². The normalized spacial score (nSPS) is 24.2. The molecule has 1 amide bonds. The summed E-state index contributed by atoms with van der Waals surface area (Å²) in [7, 11) is 0. The Balaban J connectivity index is 2.34. The molecule has 0 aromatic heterocycles. The predicted molar refractivity (Wildman–Crippen MR) is 58.3 cm³/mol. The lowest BCUT2D eigenvalue weighted by atomic mass is 9.89. The van der Waals surface area contributed by atoms with Gasteiger partial charge in [0.2, 0.25) is 5.91 Å². The first-order valence-electron chi connectivity index (χ1n) is 4.85. The number of carbonyl (C=O) groups is 2. The van der Waals surface area contributed by atoms with E-state index in [1.165, 1.54) is 0 Å². The zero-order chi connectivity index (χ0) is 11.7. The Morgan fingerprint density at radius 2 is 2.25 bits per heavy atom. The number of hydrogen-bond acceptors (Lipinski definition) is 2. The van der Waals surface area contributed by atoms with E-state index in [-0.39, 0.29) is 5.92 Å². The molecule has 0 unspecified atom stereocenters. The van der Waals surface area contributed by atoms with Gasteiger partial charge in [-0.15, -0.1) is 0 Å². The van der Waals surface area contributed by atoms with Crippen LogP contribution in [-0.2, 0) is 9.59 Å². The second kappa shape index (κ2) is 4.14. The molecule has 0 bridgehead atoms. The summed E-state index contributed by atoms with van der Waals surface area (Å²) in [4.78, 5) is 22.3. The highest BCUT2D eigenvalue weighted by atomic mass is 35.5. The summed E-state index contributed by atoms with van der Waals surface area (Å²) in [6.07, 6.45) is 0. The Morgan fingerprint density at radius 3 is 2.88 bits per heavy atom. The summed E-state index contributed by atoms with van der Waals surface area (Å²) in [6.45, 7) is 0.343. The van der Waals surface area contributed by atoms with Crippen LogP contribution in [0.1, 0.15) is 11.5 Å². The zero-order valence-electron chi connectivity index (χ0n) is 8.31. The van der Waals surface area contributed by atoms with Gasteiger partial charge in [-0.2, -0.15) is 0 Å². The summed E-state index contributed by atoms with van der Waals surface area (Å²) in [5.74, 6) is -2.89. The highest BCUT2D eigenvalue weighted by Gasteiger charge is 2.41. The molecular formula is C11H10ClNO3. The topological polar surface area (TPSA) is 66.4 Å². The van der Waals surface area contributed by atoms with Crippen molar-refractivity contribution in [2.45, 2.75) is 5.92 Å². The number of hydrogen-bond donors (Lipinski definition) is 2. The van der Waals surface area contributed by atoms with Crippen LogP contribution in [0.4, 0.5) is 0 Å². The Bertz CT molecular complexity index is 447. The van der Waals surface area contributed by atoms with Crippen molar-refractivity contribution in [1.82, 2.24) is 5.32 Å². The van der Waals surface area contributed by atoms with Crippen LogP contribution in [0.5, 0.6) is 0 Å². The first kappa shape index (κ1) is 11.0. The Labute approximate surface area is 97.2 Å². The second-order valence-corrected chi connectivity index (χ2v) is 4.16. The lowest BCUT2D eigenvalue weighted by molar-refractivity contribution is -0.145. The van der Waals surface area contributed by atoms with Gasteiger partial charge >= 0.3 is 5.97 Å². The van der Waals surface area contributed by atoms with E-state index in [1.807, 2.05) is 0 Å². The van der Waals surface area contributed by atoms with Crippen molar-refractivity contribution in [1.29, 1.82) is 0 Å². The van der Waals surface area contributed by atoms with E-state index >= 15 is 0 Å². The van der Waals surface area contributed by atoms with Gasteiger partial charge in [0.15, 0.2) is 0 Å². The molecule has 1 aromatic carbocycles. The number of rotatable bonds is 2. The molecule has 5 heteroatoms. The number of aliphatic carboxylic acids is 1. The minimum absolute atomic E-state index is 0.343. The fraction of sp³-hybridized carbons (Fsp3) is 0.273. The van der Waals surface area contributed by atoms with Crippen molar-refractivity contribution in [2.75, 3.05) is 6.54 Å². The highest BCUT2D eigenvalue weighted by molar-refractivity contribution is 6.30. The van der Waals surface area contributed by atoms with Crippen LogP contribution >= 0.6 is 11.6 Å². The quantitative estimate of drug-likeness (QED) is 0.764. The minimum atomic E-state index is -1.10. The molecule has 1 aliphatic rings. The van der Waals surface area contributed by atoms with Gasteiger partial charge in [0.1, 0.15) is 5.92 Å². The van der Waals surface area contributed by atoms with E-state index in [9.17, 15) is 9.59 Å². The van der Waals surface area contributed by atoms with E-state index in [2.05, 4.69) is 5.32 Å². The molecule has 1 saturated heterocycles. The number of nitrogens with one attached hydrogen (secondary N) is 1. The lowest BCUT2D eigenvalue weighted by Gasteiger charge is -2.13. The van der Waals surface area contributed by atoms with E-state index in [0.29, 0.717) is 11.6 Å². The SMILES string of the molecule is O=C(O)[C@@H]1C(=O)NC[C@H]1c1cccc(Cl)c1. The number of carbonyl (C=O) groups excluding carboxylic acids is 1. The molecular weight excluding hydrogens is 230 g/mol. The second-order valence-electron chi connectivity index (χ2n) is 3.72. The number of halogens is 1. The van der Waals surface area contributed by atoms with Crippen LogP contribution in [0.25, 0.3) is 0 Å². The molecule has 0 radical (unpaired) electrons. The summed E-state index contributed by atoms with van der Waals surface area (Å²) in [5.41, 5.74) is 0.776. The largest absolute Gasteiger partial charge is 0.481 e. The Morgan fingerprint density at radius 1 is 1.50 bits per heavy atom. The van der Waals surface area contributed by atoms with E-state index < -0.39 is 17.8 Å². The first-order chi connectivity index (χ1) is 7.59. The van der Waals surface area contributed by atoms with Crippen LogP contribution in [0, 0.1) is 5.92 Å². The summed E-state index contributed by atoms with van der Waals surface area (Å²) in [5, 5.41) is 12.1. The maximum Gasteiger partial charge on any atom is 0.316 e. The summed E-state index contributed by atoms with van der Waals surface area (Å²) in [6, 6.07) is 6.94. The molecule has 0 saturated carbocycles. The molecule has 1 heterocycles. The molecule has 1 aromatic rings. The maximum atomic E-state index is 11.4. The summed E-state index contributed by atoms with van der Waals surface area (Å²) >= 11 is 5.83. The number of amides is 1. The number of carboxylic acids is 1. The maximum absolute atomic E-state index is 11.4. The Kier molecular flexibility index (Phi) is 2.83. The van der Waals surface area contributed by atoms with Crippen molar-refractivity contribution in [3.8, 4) is 0 Å². The molecule has 16 heavy (non-hydrogen) atoms. The van der Waals surface area contributed by atoms with Crippen LogP contribution in [-0.4, -0.2) is 23.5 Å². The molecule has 2 rings (SSSR count). The fourth-order valence-corrected chi connectivity index (χ4v) is 2.15. The van der Waals surface area contributed by atoms with Crippen molar-refractivity contribution in [2.24, 2.45) is 5.92 Å². The third-order valence-corrected chi connectivity index (χ3v) is 2.96. The van der Waals surface area contributed by atoms with Crippen molar-refractivity contribution in [3.63, 3.8) is 0 Å². The number of benzene rings is 1. The van der Waals surface area contributed by atoms with E-state index in [0.717, 1.165) is 5.56 Å². The molecule has 2 atom stereocenters. The van der Waals surface area contributed by atoms with Gasteiger partial charge in [-0.25, -0.2) is 0 Å². The van der Waals surface area contributed by atoms with Crippen LogP contribution in [0.2, 0.25) is 5.02 Å². The smallest absolute Gasteiger partial charge is 0.316 e. The van der Waals surface area contributed by atoms with Crippen LogP contribution in [0.15, 0.2) is 24.3 Å². The van der Waals surface area contributed by atoms with Gasteiger partial charge in [0.05, 0.1) is 0 Å². The van der Waals surface area contributed by atoms with Gasteiger partial charge in [-0.05, 0) is 17.7 Å². The van der Waals surface area contributed by atoms with Gasteiger partial charge in [-0.1, -0.05) is 23.7 Å². The van der Waals surface area contributed by atoms with E-state index in [1.54, 1.807) is 24.3 Å². The van der Waals surface area contributed by atoms with Crippen molar-refractivity contribution < 1.29 is 14.7 Å². The van der Waals surface area contributed by atoms with Crippen LogP contribution in [0.3, 0.4) is 0 Å². The highest BCUT2D eigenvalue weighted by Crippen LogP contribution is 2.30.